The number of nitrogens with one attached hydrogen (secondary N) is 1. The van der Waals surface area contributed by atoms with E-state index in [2.05, 4.69) is 9.97 Å². The van der Waals surface area contributed by atoms with Crippen LogP contribution in [0.3, 0.4) is 0 Å². The van der Waals surface area contributed by atoms with Gasteiger partial charge in [0.05, 0.1) is 0 Å². The van der Waals surface area contributed by atoms with Gasteiger partial charge in [0, 0.05) is 22.8 Å². The SMILES string of the molecule is Cc1cc(-c2ccc3cc(Cl)ncc3c2)c(C#N)c(=O)[nH]1. The van der Waals surface area contributed by atoms with Gasteiger partial charge in [0.1, 0.15) is 16.8 Å². The molecule has 0 fully saturated rings. The van der Waals surface area contributed by atoms with Gasteiger partial charge in [-0.1, -0.05) is 23.7 Å². The Balaban J connectivity index is 2.28. The molecule has 0 aliphatic carbocycles. The monoisotopic (exact) mass is 295 g/mol. The summed E-state index contributed by atoms with van der Waals surface area (Å²) < 4.78 is 0. The number of H-pyrrole nitrogens is 1. The van der Waals surface area contributed by atoms with E-state index in [1.807, 2.05) is 24.3 Å². The molecule has 0 saturated carbocycles. The molecule has 1 N–H and O–H groups in total. The van der Waals surface area contributed by atoms with Crippen molar-refractivity contribution in [3.63, 3.8) is 0 Å². The third-order valence-electron chi connectivity index (χ3n) is 3.28. The zero-order chi connectivity index (χ0) is 15.0. The topological polar surface area (TPSA) is 69.5 Å². The molecule has 0 atom stereocenters. The zero-order valence-corrected chi connectivity index (χ0v) is 11.9. The van der Waals surface area contributed by atoms with Crippen molar-refractivity contribution in [3.8, 4) is 17.2 Å². The molecule has 3 rings (SSSR count). The molecule has 0 spiro atoms. The van der Waals surface area contributed by atoms with Crippen LogP contribution >= 0.6 is 11.6 Å². The molecule has 0 radical (unpaired) electrons. The van der Waals surface area contributed by atoms with Gasteiger partial charge in [0.25, 0.3) is 5.56 Å². The van der Waals surface area contributed by atoms with Crippen molar-refractivity contribution in [2.75, 3.05) is 0 Å². The number of fused-ring (bicyclic) bond motifs is 1. The van der Waals surface area contributed by atoms with E-state index in [4.69, 9.17) is 11.6 Å². The van der Waals surface area contributed by atoms with Crippen molar-refractivity contribution in [2.45, 2.75) is 6.92 Å². The number of rotatable bonds is 1. The summed E-state index contributed by atoms with van der Waals surface area (Å²) in [4.78, 5) is 18.6. The minimum absolute atomic E-state index is 0.113. The number of nitriles is 1. The quantitative estimate of drug-likeness (QED) is 0.699. The van der Waals surface area contributed by atoms with E-state index in [1.54, 1.807) is 25.3 Å². The average molecular weight is 296 g/mol. The molecule has 0 bridgehead atoms. The maximum absolute atomic E-state index is 11.9. The minimum atomic E-state index is -0.373. The van der Waals surface area contributed by atoms with Crippen LogP contribution in [0.15, 0.2) is 41.3 Å². The van der Waals surface area contributed by atoms with Gasteiger partial charge in [-0.15, -0.1) is 0 Å². The highest BCUT2D eigenvalue weighted by molar-refractivity contribution is 6.30. The van der Waals surface area contributed by atoms with Crippen molar-refractivity contribution in [3.05, 3.63) is 63.3 Å². The molecule has 0 saturated heterocycles. The average Bonchev–Trinajstić information content (AvgIpc) is 2.46. The normalized spacial score (nSPS) is 10.5. The second-order valence-electron chi connectivity index (χ2n) is 4.75. The fourth-order valence-electron chi connectivity index (χ4n) is 2.31. The van der Waals surface area contributed by atoms with Crippen LogP contribution in [0.2, 0.25) is 5.15 Å². The molecular formula is C16H10ClN3O. The van der Waals surface area contributed by atoms with Gasteiger partial charge in [-0.05, 0) is 36.1 Å². The Kier molecular flexibility index (Phi) is 3.20. The highest BCUT2D eigenvalue weighted by atomic mass is 35.5. The highest BCUT2D eigenvalue weighted by Crippen LogP contribution is 2.26. The first-order chi connectivity index (χ1) is 10.1. The summed E-state index contributed by atoms with van der Waals surface area (Å²) in [5.41, 5.74) is 1.88. The van der Waals surface area contributed by atoms with Crippen LogP contribution in [-0.2, 0) is 0 Å². The number of aryl methyl sites for hydroxylation is 1. The Morgan fingerprint density at radius 2 is 2.05 bits per heavy atom. The predicted octanol–water partition coefficient (Wildman–Crippen LogP) is 3.42. The third-order valence-corrected chi connectivity index (χ3v) is 3.49. The summed E-state index contributed by atoms with van der Waals surface area (Å²) in [6.45, 7) is 1.79. The number of benzene rings is 1. The van der Waals surface area contributed by atoms with Gasteiger partial charge in [-0.2, -0.15) is 5.26 Å². The molecule has 2 heterocycles. The smallest absolute Gasteiger partial charge is 0.266 e. The second kappa shape index (κ2) is 5.04. The number of aromatic amines is 1. The molecule has 4 nitrogen and oxygen atoms in total. The third kappa shape index (κ3) is 2.39. The predicted molar refractivity (Wildman–Crippen MR) is 82.3 cm³/mol. The summed E-state index contributed by atoms with van der Waals surface area (Å²) in [5.74, 6) is 0. The van der Waals surface area contributed by atoms with Crippen molar-refractivity contribution in [1.82, 2.24) is 9.97 Å². The Morgan fingerprint density at radius 3 is 2.81 bits per heavy atom. The van der Waals surface area contributed by atoms with Crippen LogP contribution < -0.4 is 5.56 Å². The van der Waals surface area contributed by atoms with E-state index in [1.165, 1.54) is 0 Å². The summed E-state index contributed by atoms with van der Waals surface area (Å²) in [7, 11) is 0. The molecular weight excluding hydrogens is 286 g/mol. The first kappa shape index (κ1) is 13.3. The number of hydrogen-bond donors (Lipinski definition) is 1. The summed E-state index contributed by atoms with van der Waals surface area (Å²) >= 11 is 5.87. The standard InChI is InChI=1S/C16H10ClN3O/c1-9-4-13(14(7-18)16(21)20-9)11-3-2-10-6-15(17)19-8-12(10)5-11/h2-6,8H,1H3,(H,20,21). The maximum atomic E-state index is 11.9. The lowest BCUT2D eigenvalue weighted by Gasteiger charge is -2.07. The Labute approximate surface area is 125 Å². The van der Waals surface area contributed by atoms with Gasteiger partial charge >= 0.3 is 0 Å². The van der Waals surface area contributed by atoms with E-state index in [0.29, 0.717) is 16.4 Å². The molecule has 3 aromatic rings. The molecule has 2 aromatic heterocycles. The molecule has 0 unspecified atom stereocenters. The van der Waals surface area contributed by atoms with Gasteiger partial charge in [0.2, 0.25) is 0 Å². The van der Waals surface area contributed by atoms with Crippen molar-refractivity contribution < 1.29 is 0 Å². The largest absolute Gasteiger partial charge is 0.325 e. The summed E-state index contributed by atoms with van der Waals surface area (Å²) in [6, 6.07) is 11.2. The first-order valence-corrected chi connectivity index (χ1v) is 6.66. The van der Waals surface area contributed by atoms with Crippen LogP contribution in [-0.4, -0.2) is 9.97 Å². The highest BCUT2D eigenvalue weighted by Gasteiger charge is 2.10. The van der Waals surface area contributed by atoms with E-state index in [0.717, 1.165) is 16.3 Å². The number of halogens is 1. The molecule has 21 heavy (non-hydrogen) atoms. The molecule has 1 aromatic carbocycles. The summed E-state index contributed by atoms with van der Waals surface area (Å²) in [6.07, 6.45) is 1.67. The Hall–Kier alpha value is -2.64. The van der Waals surface area contributed by atoms with Crippen LogP contribution in [0.1, 0.15) is 11.3 Å². The second-order valence-corrected chi connectivity index (χ2v) is 5.14. The van der Waals surface area contributed by atoms with Gasteiger partial charge < -0.3 is 4.98 Å². The molecule has 5 heteroatoms. The Morgan fingerprint density at radius 1 is 1.24 bits per heavy atom. The number of aromatic nitrogens is 2. The lowest BCUT2D eigenvalue weighted by atomic mass is 9.99. The van der Waals surface area contributed by atoms with Crippen LogP contribution in [0, 0.1) is 18.3 Å². The van der Waals surface area contributed by atoms with Crippen LogP contribution in [0.25, 0.3) is 21.9 Å². The Bertz CT molecular complexity index is 954. The molecule has 0 aliphatic rings. The number of pyridine rings is 2. The van der Waals surface area contributed by atoms with E-state index >= 15 is 0 Å². The van der Waals surface area contributed by atoms with Gasteiger partial charge in [-0.25, -0.2) is 4.98 Å². The fraction of sp³-hybridized carbons (Fsp3) is 0.0625. The number of nitrogens with zero attached hydrogens (tertiary/aromatic N) is 2. The molecule has 0 aliphatic heterocycles. The van der Waals surface area contributed by atoms with Crippen LogP contribution in [0.4, 0.5) is 0 Å². The molecule has 0 amide bonds. The van der Waals surface area contributed by atoms with Crippen LogP contribution in [0.5, 0.6) is 0 Å². The van der Waals surface area contributed by atoms with Gasteiger partial charge in [-0.3, -0.25) is 4.79 Å². The van der Waals surface area contributed by atoms with Crippen molar-refractivity contribution in [2.24, 2.45) is 0 Å². The number of hydrogen-bond acceptors (Lipinski definition) is 3. The van der Waals surface area contributed by atoms with E-state index < -0.39 is 0 Å². The maximum Gasteiger partial charge on any atom is 0.266 e. The first-order valence-electron chi connectivity index (χ1n) is 6.28. The summed E-state index contributed by atoms with van der Waals surface area (Å²) in [5, 5.41) is 11.5. The molecule has 102 valence electrons. The van der Waals surface area contributed by atoms with Crippen molar-refractivity contribution >= 4 is 22.4 Å². The van der Waals surface area contributed by atoms with E-state index in [9.17, 15) is 10.1 Å². The lowest BCUT2D eigenvalue weighted by Crippen LogP contribution is -2.12. The fourth-order valence-corrected chi connectivity index (χ4v) is 2.48. The minimum Gasteiger partial charge on any atom is -0.325 e. The lowest BCUT2D eigenvalue weighted by molar-refractivity contribution is 1.13. The van der Waals surface area contributed by atoms with E-state index in [-0.39, 0.29) is 11.1 Å². The van der Waals surface area contributed by atoms with Crippen molar-refractivity contribution in [1.29, 1.82) is 5.26 Å². The van der Waals surface area contributed by atoms with Gasteiger partial charge in [0.15, 0.2) is 0 Å². The zero-order valence-electron chi connectivity index (χ0n) is 11.1.